The van der Waals surface area contributed by atoms with Gasteiger partial charge in [0.05, 0.1) is 17.5 Å². The van der Waals surface area contributed by atoms with Crippen molar-refractivity contribution in [2.75, 3.05) is 13.7 Å². The summed E-state index contributed by atoms with van der Waals surface area (Å²) in [6, 6.07) is 9.01. The van der Waals surface area contributed by atoms with Gasteiger partial charge in [-0.2, -0.15) is 0 Å². The predicted molar refractivity (Wildman–Crippen MR) is 115 cm³/mol. The van der Waals surface area contributed by atoms with Crippen molar-refractivity contribution < 1.29 is 24.2 Å². The lowest BCUT2D eigenvalue weighted by molar-refractivity contribution is -0.130. The molecular formula is C22H28N2O5S. The molecule has 2 aromatic rings. The maximum Gasteiger partial charge on any atom is 0.261 e. The fraction of sp³-hybridized carbons (Fsp3) is 0.455. The number of aliphatic hydroxyl groups is 1. The highest BCUT2D eigenvalue weighted by Gasteiger charge is 2.24. The Kier molecular flexibility index (Phi) is 7.47. The Morgan fingerprint density at radius 3 is 2.77 bits per heavy atom. The number of methoxy groups -OCH3 is 1. The van der Waals surface area contributed by atoms with Crippen LogP contribution < -0.4 is 15.4 Å². The smallest absolute Gasteiger partial charge is 0.261 e. The topological polar surface area (TPSA) is 96.9 Å². The molecule has 1 aromatic carbocycles. The van der Waals surface area contributed by atoms with Crippen LogP contribution in [-0.4, -0.2) is 42.9 Å². The Bertz CT molecular complexity index is 895. The molecule has 3 N–H and O–H groups in total. The molecule has 2 heterocycles. The van der Waals surface area contributed by atoms with E-state index in [1.165, 1.54) is 18.4 Å². The Balaban J connectivity index is 1.58. The van der Waals surface area contributed by atoms with E-state index in [9.17, 15) is 14.7 Å². The minimum Gasteiger partial charge on any atom is -0.488 e. The van der Waals surface area contributed by atoms with E-state index in [1.54, 1.807) is 0 Å². The van der Waals surface area contributed by atoms with E-state index in [-0.39, 0.29) is 18.4 Å². The van der Waals surface area contributed by atoms with E-state index in [0.29, 0.717) is 23.8 Å². The number of benzene rings is 1. The van der Waals surface area contributed by atoms with Crippen molar-refractivity contribution in [3.8, 4) is 16.2 Å². The van der Waals surface area contributed by atoms with Crippen LogP contribution >= 0.6 is 11.3 Å². The molecule has 0 bridgehead atoms. The van der Waals surface area contributed by atoms with Gasteiger partial charge in [0, 0.05) is 23.1 Å². The van der Waals surface area contributed by atoms with Crippen molar-refractivity contribution in [3.63, 3.8) is 0 Å². The minimum atomic E-state index is -1.09. The molecule has 30 heavy (non-hydrogen) atoms. The number of nitrogens with one attached hydrogen (secondary N) is 2. The maximum atomic E-state index is 12.6. The average Bonchev–Trinajstić information content (AvgIpc) is 3.19. The molecule has 2 unspecified atom stereocenters. The highest BCUT2D eigenvalue weighted by Crippen LogP contribution is 2.42. The predicted octanol–water partition coefficient (Wildman–Crippen LogP) is 2.92. The first-order valence-electron chi connectivity index (χ1n) is 10.0. The first kappa shape index (κ1) is 22.3. The van der Waals surface area contributed by atoms with E-state index >= 15 is 0 Å². The molecule has 2 amide bonds. The average molecular weight is 433 g/mol. The van der Waals surface area contributed by atoms with Gasteiger partial charge in [-0.3, -0.25) is 9.59 Å². The van der Waals surface area contributed by atoms with Gasteiger partial charge in [0.1, 0.15) is 12.4 Å². The standard InChI is InChI=1S/C22H28N2O5S/c1-13(2)8-9-16(22(27)28-3)24-19(25)11-23-21(26)18-10-14-12-29-17-7-5-4-6-15(17)20(14)30-18/h4-7,10,13,16,22,27H,8-9,11-12H2,1-3H3,(H,23,26)(H,24,25). The third-order valence-corrected chi connectivity index (χ3v) is 6.15. The second-order valence-electron chi connectivity index (χ2n) is 7.70. The Hall–Kier alpha value is -2.42. The first-order chi connectivity index (χ1) is 14.4. The second-order valence-corrected chi connectivity index (χ2v) is 8.76. The third-order valence-electron chi connectivity index (χ3n) is 4.94. The van der Waals surface area contributed by atoms with Crippen LogP contribution in [0.1, 0.15) is 41.9 Å². The summed E-state index contributed by atoms with van der Waals surface area (Å²) in [5.74, 6) is 0.561. The van der Waals surface area contributed by atoms with Gasteiger partial charge in [-0.1, -0.05) is 26.0 Å². The molecule has 162 valence electrons. The molecule has 0 saturated heterocycles. The maximum absolute atomic E-state index is 12.6. The molecule has 0 aliphatic carbocycles. The normalized spacial score (nSPS) is 14.3. The zero-order chi connectivity index (χ0) is 21.7. The number of hydrogen-bond donors (Lipinski definition) is 3. The van der Waals surface area contributed by atoms with Gasteiger partial charge in [-0.05, 0) is 37.0 Å². The van der Waals surface area contributed by atoms with Gasteiger partial charge in [0.2, 0.25) is 5.91 Å². The van der Waals surface area contributed by atoms with E-state index in [1.807, 2.05) is 30.3 Å². The number of thiophene rings is 1. The number of para-hydroxylation sites is 1. The van der Waals surface area contributed by atoms with Crippen LogP contribution in [0.3, 0.4) is 0 Å². The van der Waals surface area contributed by atoms with Crippen LogP contribution in [0.4, 0.5) is 0 Å². The largest absolute Gasteiger partial charge is 0.488 e. The van der Waals surface area contributed by atoms with Crippen LogP contribution in [-0.2, 0) is 16.1 Å². The van der Waals surface area contributed by atoms with Crippen molar-refractivity contribution >= 4 is 23.2 Å². The summed E-state index contributed by atoms with van der Waals surface area (Å²) in [6.45, 7) is 4.39. The monoisotopic (exact) mass is 432 g/mol. The molecule has 3 rings (SSSR count). The molecule has 1 aromatic heterocycles. The Morgan fingerprint density at radius 2 is 2.03 bits per heavy atom. The zero-order valence-electron chi connectivity index (χ0n) is 17.4. The molecule has 0 radical (unpaired) electrons. The lowest BCUT2D eigenvalue weighted by atomic mass is 10.0. The van der Waals surface area contributed by atoms with Gasteiger partial charge in [0.25, 0.3) is 5.91 Å². The summed E-state index contributed by atoms with van der Waals surface area (Å²) in [7, 11) is 1.39. The van der Waals surface area contributed by atoms with E-state index in [0.717, 1.165) is 28.2 Å². The fourth-order valence-corrected chi connectivity index (χ4v) is 4.39. The summed E-state index contributed by atoms with van der Waals surface area (Å²) < 4.78 is 10.7. The van der Waals surface area contributed by atoms with Crippen molar-refractivity contribution in [1.29, 1.82) is 0 Å². The first-order valence-corrected chi connectivity index (χ1v) is 10.8. The quantitative estimate of drug-likeness (QED) is 0.530. The summed E-state index contributed by atoms with van der Waals surface area (Å²) in [6.07, 6.45) is 0.332. The summed E-state index contributed by atoms with van der Waals surface area (Å²) in [4.78, 5) is 26.4. The van der Waals surface area contributed by atoms with Crippen LogP contribution in [0.5, 0.6) is 5.75 Å². The zero-order valence-corrected chi connectivity index (χ0v) is 18.3. The van der Waals surface area contributed by atoms with Crippen molar-refractivity contribution in [2.24, 2.45) is 5.92 Å². The molecular weight excluding hydrogens is 404 g/mol. The van der Waals surface area contributed by atoms with Crippen LogP contribution in [0.15, 0.2) is 30.3 Å². The number of fused-ring (bicyclic) bond motifs is 3. The lowest BCUT2D eigenvalue weighted by Gasteiger charge is -2.23. The molecule has 8 heteroatoms. The number of ether oxygens (including phenoxy) is 2. The van der Waals surface area contributed by atoms with Gasteiger partial charge >= 0.3 is 0 Å². The molecule has 0 fully saturated rings. The van der Waals surface area contributed by atoms with Crippen LogP contribution in [0.2, 0.25) is 0 Å². The summed E-state index contributed by atoms with van der Waals surface area (Å²) in [5.41, 5.74) is 1.94. The number of amides is 2. The van der Waals surface area contributed by atoms with Crippen molar-refractivity contribution in [3.05, 3.63) is 40.8 Å². The molecule has 1 aliphatic rings. The SMILES string of the molecule is COC(O)C(CCC(C)C)NC(=O)CNC(=O)c1cc2c(s1)-c1ccccc1OC2. The second kappa shape index (κ2) is 10.1. The number of aliphatic hydroxyl groups excluding tert-OH is 1. The number of carbonyl (C=O) groups excluding carboxylic acids is 2. The van der Waals surface area contributed by atoms with Gasteiger partial charge in [-0.25, -0.2) is 0 Å². The van der Waals surface area contributed by atoms with Gasteiger partial charge in [-0.15, -0.1) is 11.3 Å². The van der Waals surface area contributed by atoms with Gasteiger partial charge < -0.3 is 25.2 Å². The van der Waals surface area contributed by atoms with E-state index in [4.69, 9.17) is 9.47 Å². The number of rotatable bonds is 9. The Morgan fingerprint density at radius 1 is 1.27 bits per heavy atom. The Labute approximate surface area is 180 Å². The van der Waals surface area contributed by atoms with Gasteiger partial charge in [0.15, 0.2) is 6.29 Å². The van der Waals surface area contributed by atoms with E-state index < -0.39 is 12.3 Å². The molecule has 0 saturated carbocycles. The third kappa shape index (κ3) is 5.38. The van der Waals surface area contributed by atoms with E-state index in [2.05, 4.69) is 24.5 Å². The van der Waals surface area contributed by atoms with Crippen LogP contribution in [0.25, 0.3) is 10.4 Å². The molecule has 0 spiro atoms. The highest BCUT2D eigenvalue weighted by atomic mass is 32.1. The molecule has 1 aliphatic heterocycles. The molecule has 7 nitrogen and oxygen atoms in total. The highest BCUT2D eigenvalue weighted by molar-refractivity contribution is 7.17. The number of hydrogen-bond acceptors (Lipinski definition) is 6. The summed E-state index contributed by atoms with van der Waals surface area (Å²) >= 11 is 1.39. The summed E-state index contributed by atoms with van der Waals surface area (Å²) in [5, 5.41) is 15.4. The fourth-order valence-electron chi connectivity index (χ4n) is 3.28. The minimum absolute atomic E-state index is 0.177. The van der Waals surface area contributed by atoms with Crippen molar-refractivity contribution in [2.45, 2.75) is 45.6 Å². The van der Waals surface area contributed by atoms with Crippen molar-refractivity contribution in [1.82, 2.24) is 10.6 Å². The van der Waals surface area contributed by atoms with Crippen LogP contribution in [0, 0.1) is 5.92 Å². The number of carbonyl (C=O) groups is 2. The molecule has 2 atom stereocenters. The lowest BCUT2D eigenvalue weighted by Crippen LogP contribution is -2.47.